The van der Waals surface area contributed by atoms with E-state index in [4.69, 9.17) is 19.4 Å². The summed E-state index contributed by atoms with van der Waals surface area (Å²) in [5.74, 6) is -5.84. The number of β-lactam (4-membered cyclic amide) rings is 1. The van der Waals surface area contributed by atoms with Crippen molar-refractivity contribution in [2.75, 3.05) is 61.4 Å². The van der Waals surface area contributed by atoms with Crippen LogP contribution in [-0.4, -0.2) is 106 Å². The zero-order valence-electron chi connectivity index (χ0n) is 43.6. The van der Waals surface area contributed by atoms with E-state index in [2.05, 4.69) is 10.6 Å². The summed E-state index contributed by atoms with van der Waals surface area (Å²) in [6.07, 6.45) is -3.69. The predicted octanol–water partition coefficient (Wildman–Crippen LogP) is 9.04. The van der Waals surface area contributed by atoms with Crippen molar-refractivity contribution in [3.63, 3.8) is 0 Å². The number of nitrogens with one attached hydrogen (secondary N) is 2. The minimum atomic E-state index is -5.08. The quantitative estimate of drug-likeness (QED) is 0.0250. The number of hydrogen-bond donors (Lipinski definition) is 5. The fraction of sp³-hybridized carbons (Fsp3) is 0.404. The van der Waals surface area contributed by atoms with Gasteiger partial charge in [0.1, 0.15) is 24.8 Å². The molecular weight excluding hydrogens is 1040 g/mol. The van der Waals surface area contributed by atoms with Crippen LogP contribution in [0.1, 0.15) is 98.3 Å². The number of aliphatic hydroxyl groups is 2. The standard InChI is InChI=1S/C55H64F2N4O9S.C2HF3O2/c1-5-7-27-55(6-2)35-71(67,68)48-26-23-44(60(3)4)31-46(48)51(53(55)65)39-9-8-10-42(30-39)59-50(64)34-70-29-28-69-33-49(63)58-32-36-11-13-38(14-12-36)52-45(24-25-47(62)37-15-17-40(56)18-16-37)54(66)61(52)43-21-19-41(57)20-22-43;3-2(4,5)1(6)7/h8-23,26,30-31,45,47,51-53,62,65H,5-7,24-25,27-29,32-35H2,1-4H3,(H,58,63)(H,59,64);(H,6,7). The van der Waals surface area contributed by atoms with Gasteiger partial charge >= 0.3 is 12.1 Å². The van der Waals surface area contributed by atoms with E-state index in [0.29, 0.717) is 47.3 Å². The molecule has 6 atom stereocenters. The van der Waals surface area contributed by atoms with Gasteiger partial charge in [0.05, 0.1) is 48.0 Å². The molecule has 1 saturated heterocycles. The molecular formula is C57H65F5N4O11S. The van der Waals surface area contributed by atoms with Gasteiger partial charge in [-0.1, -0.05) is 75.2 Å². The summed E-state index contributed by atoms with van der Waals surface area (Å²) >= 11 is 0. The highest BCUT2D eigenvalue weighted by molar-refractivity contribution is 7.91. The summed E-state index contributed by atoms with van der Waals surface area (Å²) < 4.78 is 98.1. The summed E-state index contributed by atoms with van der Waals surface area (Å²) in [5.41, 5.74) is 4.31. The number of ether oxygens (including phenoxy) is 2. The Balaban J connectivity index is 0.00000131. The molecule has 5 aromatic carbocycles. The van der Waals surface area contributed by atoms with Crippen molar-refractivity contribution in [1.29, 1.82) is 0 Å². The molecule has 0 aliphatic carbocycles. The lowest BCUT2D eigenvalue weighted by molar-refractivity contribution is -0.192. The number of hydrogen-bond acceptors (Lipinski definition) is 11. The first-order valence-electron chi connectivity index (χ1n) is 25.4. The van der Waals surface area contributed by atoms with E-state index in [1.807, 2.05) is 69.2 Å². The van der Waals surface area contributed by atoms with E-state index in [1.54, 1.807) is 47.4 Å². The highest BCUT2D eigenvalue weighted by atomic mass is 32.2. The number of unbranched alkanes of at least 4 members (excludes halogenated alkanes) is 1. The van der Waals surface area contributed by atoms with E-state index >= 15 is 0 Å². The average Bonchev–Trinajstić information content (AvgIpc) is 3.61. The summed E-state index contributed by atoms with van der Waals surface area (Å²) in [6.45, 7) is 3.75. The number of anilines is 3. The molecule has 1 fully saturated rings. The van der Waals surface area contributed by atoms with Crippen LogP contribution in [0.4, 0.5) is 39.0 Å². The minimum absolute atomic E-state index is 0.0393. The van der Waals surface area contributed by atoms with Crippen LogP contribution in [0.2, 0.25) is 0 Å². The fourth-order valence-corrected chi connectivity index (χ4v) is 12.1. The topological polar surface area (TPSA) is 212 Å². The molecule has 2 aliphatic heterocycles. The minimum Gasteiger partial charge on any atom is -0.475 e. The number of aliphatic carboxylic acids is 1. The van der Waals surface area contributed by atoms with Gasteiger partial charge in [0.2, 0.25) is 17.7 Å². The summed E-state index contributed by atoms with van der Waals surface area (Å²) in [7, 11) is -0.00485. The molecule has 6 unspecified atom stereocenters. The molecule has 0 saturated carbocycles. The van der Waals surface area contributed by atoms with Gasteiger partial charge in [-0.2, -0.15) is 13.2 Å². The Hall–Kier alpha value is -6.78. The molecule has 15 nitrogen and oxygen atoms in total. The number of amides is 3. The number of carbonyl (C=O) groups is 4. The van der Waals surface area contributed by atoms with Gasteiger partial charge in [-0.15, -0.1) is 0 Å². The second-order valence-electron chi connectivity index (χ2n) is 19.6. The number of nitrogens with zero attached hydrogens (tertiary/aromatic N) is 2. The third-order valence-corrected chi connectivity index (χ3v) is 16.1. The van der Waals surface area contributed by atoms with E-state index in [9.17, 15) is 55.0 Å². The van der Waals surface area contributed by atoms with E-state index < -0.39 is 69.0 Å². The largest absolute Gasteiger partial charge is 0.490 e. The van der Waals surface area contributed by atoms with E-state index in [1.165, 1.54) is 36.4 Å². The van der Waals surface area contributed by atoms with Gasteiger partial charge < -0.3 is 45.2 Å². The maximum atomic E-state index is 14.0. The third kappa shape index (κ3) is 15.3. The van der Waals surface area contributed by atoms with Crippen LogP contribution in [-0.2, 0) is 45.0 Å². The molecule has 0 aromatic heterocycles. The first-order valence-corrected chi connectivity index (χ1v) is 27.1. The second-order valence-corrected chi connectivity index (χ2v) is 21.6. The van der Waals surface area contributed by atoms with Gasteiger partial charge in [0.25, 0.3) is 0 Å². The Kier molecular flexibility index (Phi) is 20.7. The van der Waals surface area contributed by atoms with Gasteiger partial charge in [-0.25, -0.2) is 22.0 Å². The highest BCUT2D eigenvalue weighted by Gasteiger charge is 2.50. The average molecular weight is 1110 g/mol. The Morgan fingerprint density at radius 2 is 1.46 bits per heavy atom. The molecule has 5 aromatic rings. The number of aliphatic hydroxyl groups excluding tert-OH is 2. The first kappa shape index (κ1) is 60.4. The molecule has 0 radical (unpaired) electrons. The third-order valence-electron chi connectivity index (χ3n) is 14.1. The van der Waals surface area contributed by atoms with Crippen LogP contribution in [0.5, 0.6) is 0 Å². The van der Waals surface area contributed by atoms with Gasteiger partial charge in [0.15, 0.2) is 9.84 Å². The molecule has 0 bridgehead atoms. The van der Waals surface area contributed by atoms with Crippen LogP contribution in [0.3, 0.4) is 0 Å². The highest BCUT2D eigenvalue weighted by Crippen LogP contribution is 2.50. The lowest BCUT2D eigenvalue weighted by Crippen LogP contribution is -2.55. The number of sulfone groups is 1. The lowest BCUT2D eigenvalue weighted by Gasteiger charge is -2.48. The Morgan fingerprint density at radius 1 is 0.846 bits per heavy atom. The number of halogens is 5. The number of fused-ring (bicyclic) bond motifs is 1. The number of carboxylic acid groups (broad SMARTS) is 1. The molecule has 2 aliphatic rings. The maximum absolute atomic E-state index is 14.0. The molecule has 21 heteroatoms. The maximum Gasteiger partial charge on any atom is 0.490 e. The Labute approximate surface area is 450 Å². The van der Waals surface area contributed by atoms with E-state index in [0.717, 1.165) is 29.7 Å². The van der Waals surface area contributed by atoms with Crippen LogP contribution < -0.4 is 20.4 Å². The number of alkyl halides is 3. The monoisotopic (exact) mass is 1110 g/mol. The Bertz CT molecular complexity index is 2970. The number of carboxylic acids is 1. The molecule has 2 heterocycles. The SMILES string of the molecule is CCCCC1(CC)CS(=O)(=O)c2ccc(N(C)C)cc2C(c2cccc(NC(=O)COCCOCC(=O)NCc3ccc(C4C(CCC(O)c5ccc(F)cc5)C(=O)N4c4ccc(F)cc4)cc3)c2)C1O.O=C(O)C(F)(F)F. The van der Waals surface area contributed by atoms with E-state index in [-0.39, 0.29) is 67.9 Å². The second kappa shape index (κ2) is 26.7. The first-order chi connectivity index (χ1) is 37.0. The zero-order chi connectivity index (χ0) is 57.0. The van der Waals surface area contributed by atoms with Crippen LogP contribution in [0.15, 0.2) is 120 Å². The van der Waals surface area contributed by atoms with Gasteiger partial charge in [-0.3, -0.25) is 14.4 Å². The zero-order valence-corrected chi connectivity index (χ0v) is 44.5. The summed E-state index contributed by atoms with van der Waals surface area (Å²) in [5, 5.41) is 35.9. The van der Waals surface area contributed by atoms with Crippen molar-refractivity contribution in [3.05, 3.63) is 155 Å². The number of carbonyl (C=O) groups excluding carboxylic acids is 3. The van der Waals surface area contributed by atoms with Crippen molar-refractivity contribution in [3.8, 4) is 0 Å². The Morgan fingerprint density at radius 3 is 2.05 bits per heavy atom. The van der Waals surface area contributed by atoms with Crippen LogP contribution in [0, 0.1) is 23.0 Å². The predicted molar refractivity (Wildman–Crippen MR) is 282 cm³/mol. The molecule has 0 spiro atoms. The molecule has 7 rings (SSSR count). The van der Waals surface area contributed by atoms with Crippen molar-refractivity contribution < 1.29 is 74.3 Å². The number of rotatable bonds is 22. The van der Waals surface area contributed by atoms with Gasteiger partial charge in [-0.05, 0) is 120 Å². The molecule has 78 heavy (non-hydrogen) atoms. The van der Waals surface area contributed by atoms with Crippen molar-refractivity contribution in [2.45, 2.75) is 94.2 Å². The summed E-state index contributed by atoms with van der Waals surface area (Å²) in [6, 6.07) is 30.8. The van der Waals surface area contributed by atoms with Crippen LogP contribution >= 0.6 is 0 Å². The molecule has 5 N–H and O–H groups in total. The van der Waals surface area contributed by atoms with Crippen molar-refractivity contribution in [2.24, 2.45) is 11.3 Å². The molecule has 420 valence electrons. The lowest BCUT2D eigenvalue weighted by atomic mass is 9.69. The van der Waals surface area contributed by atoms with Crippen molar-refractivity contribution in [1.82, 2.24) is 5.32 Å². The molecule has 3 amide bonds. The van der Waals surface area contributed by atoms with Gasteiger partial charge in [0, 0.05) is 49.0 Å². The normalized spacial score (nSPS) is 20.0. The fourth-order valence-electron chi connectivity index (χ4n) is 9.83. The van der Waals surface area contributed by atoms with Crippen molar-refractivity contribution >= 4 is 50.6 Å². The smallest absolute Gasteiger partial charge is 0.475 e. The summed E-state index contributed by atoms with van der Waals surface area (Å²) in [4.78, 5) is 51.8. The number of benzene rings is 5. The van der Waals surface area contributed by atoms with Crippen LogP contribution in [0.25, 0.3) is 0 Å².